The van der Waals surface area contributed by atoms with Crippen LogP contribution in [0.2, 0.25) is 0 Å². The maximum atomic E-state index is 6.01. The van der Waals surface area contributed by atoms with Crippen LogP contribution in [0, 0.1) is 0 Å². The third-order valence-electron chi connectivity index (χ3n) is 4.08. The molecule has 0 saturated carbocycles. The number of likely N-dealkylation sites (tertiary alicyclic amines) is 1. The summed E-state index contributed by atoms with van der Waals surface area (Å²) in [6.07, 6.45) is 3.69. The van der Waals surface area contributed by atoms with Gasteiger partial charge in [-0.25, -0.2) is 4.98 Å². The Morgan fingerprint density at radius 1 is 1.29 bits per heavy atom. The van der Waals surface area contributed by atoms with Gasteiger partial charge in [0.2, 0.25) is 5.95 Å². The van der Waals surface area contributed by atoms with E-state index in [4.69, 9.17) is 16.2 Å². The van der Waals surface area contributed by atoms with Gasteiger partial charge in [-0.05, 0) is 38.6 Å². The van der Waals surface area contributed by atoms with E-state index in [1.807, 2.05) is 18.2 Å². The number of rotatable bonds is 3. The SMILES string of the molecule is CN1CCCCC1COc1cccc2nc(N)nc(N)c12. The second-order valence-electron chi connectivity index (χ2n) is 5.56. The van der Waals surface area contributed by atoms with Gasteiger partial charge in [-0.1, -0.05) is 12.5 Å². The van der Waals surface area contributed by atoms with E-state index in [1.54, 1.807) is 0 Å². The van der Waals surface area contributed by atoms with Gasteiger partial charge in [-0.2, -0.15) is 4.98 Å². The molecule has 0 aliphatic carbocycles. The van der Waals surface area contributed by atoms with Gasteiger partial charge < -0.3 is 21.1 Å². The zero-order valence-corrected chi connectivity index (χ0v) is 12.2. The summed E-state index contributed by atoms with van der Waals surface area (Å²) in [6.45, 7) is 1.78. The molecule has 2 heterocycles. The van der Waals surface area contributed by atoms with Gasteiger partial charge in [0.25, 0.3) is 0 Å². The second-order valence-corrected chi connectivity index (χ2v) is 5.56. The fourth-order valence-electron chi connectivity index (χ4n) is 2.86. The predicted octanol–water partition coefficient (Wildman–Crippen LogP) is 1.66. The van der Waals surface area contributed by atoms with Crippen LogP contribution in [0.5, 0.6) is 5.75 Å². The molecule has 0 bridgehead atoms. The molecule has 1 atom stereocenters. The fraction of sp³-hybridized carbons (Fsp3) is 0.467. The van der Waals surface area contributed by atoms with Gasteiger partial charge in [0, 0.05) is 6.04 Å². The topological polar surface area (TPSA) is 90.3 Å². The lowest BCUT2D eigenvalue weighted by Gasteiger charge is -2.32. The summed E-state index contributed by atoms with van der Waals surface area (Å²) >= 11 is 0. The van der Waals surface area contributed by atoms with Gasteiger partial charge in [-0.3, -0.25) is 0 Å². The van der Waals surface area contributed by atoms with Crippen LogP contribution in [0.15, 0.2) is 18.2 Å². The zero-order chi connectivity index (χ0) is 14.8. The van der Waals surface area contributed by atoms with E-state index in [9.17, 15) is 0 Å². The Balaban J connectivity index is 1.84. The van der Waals surface area contributed by atoms with Crippen molar-refractivity contribution in [3.63, 3.8) is 0 Å². The summed E-state index contributed by atoms with van der Waals surface area (Å²) in [5.41, 5.74) is 12.3. The Hall–Kier alpha value is -2.08. The Kier molecular flexibility index (Phi) is 3.79. The molecule has 0 radical (unpaired) electrons. The first-order chi connectivity index (χ1) is 10.1. The predicted molar refractivity (Wildman–Crippen MR) is 84.1 cm³/mol. The minimum absolute atomic E-state index is 0.184. The van der Waals surface area contributed by atoms with E-state index in [1.165, 1.54) is 19.3 Å². The number of hydrogen-bond donors (Lipinski definition) is 2. The number of nitrogens with zero attached hydrogens (tertiary/aromatic N) is 3. The minimum Gasteiger partial charge on any atom is -0.491 e. The lowest BCUT2D eigenvalue weighted by Crippen LogP contribution is -2.40. The highest BCUT2D eigenvalue weighted by atomic mass is 16.5. The van der Waals surface area contributed by atoms with Gasteiger partial charge in [-0.15, -0.1) is 0 Å². The van der Waals surface area contributed by atoms with E-state index < -0.39 is 0 Å². The van der Waals surface area contributed by atoms with Crippen LogP contribution in [0.1, 0.15) is 19.3 Å². The number of benzene rings is 1. The summed E-state index contributed by atoms with van der Waals surface area (Å²) in [4.78, 5) is 10.6. The summed E-state index contributed by atoms with van der Waals surface area (Å²) in [7, 11) is 2.15. The van der Waals surface area contributed by atoms with Crippen molar-refractivity contribution in [2.24, 2.45) is 0 Å². The molecule has 1 saturated heterocycles. The van der Waals surface area contributed by atoms with Crippen molar-refractivity contribution in [1.82, 2.24) is 14.9 Å². The first kappa shape index (κ1) is 13.9. The molecule has 3 rings (SSSR count). The average molecular weight is 287 g/mol. The molecule has 1 aromatic carbocycles. The van der Waals surface area contributed by atoms with Crippen molar-refractivity contribution >= 4 is 22.7 Å². The van der Waals surface area contributed by atoms with Gasteiger partial charge in [0.1, 0.15) is 18.2 Å². The summed E-state index contributed by atoms with van der Waals surface area (Å²) in [5.74, 6) is 1.28. The Morgan fingerprint density at radius 3 is 2.95 bits per heavy atom. The molecule has 21 heavy (non-hydrogen) atoms. The average Bonchev–Trinajstić information content (AvgIpc) is 2.45. The highest BCUT2D eigenvalue weighted by Gasteiger charge is 2.20. The van der Waals surface area contributed by atoms with E-state index >= 15 is 0 Å². The maximum absolute atomic E-state index is 6.01. The lowest BCUT2D eigenvalue weighted by molar-refractivity contribution is 0.126. The molecule has 1 aliphatic heterocycles. The molecule has 0 spiro atoms. The van der Waals surface area contributed by atoms with E-state index in [-0.39, 0.29) is 5.95 Å². The molecule has 6 nitrogen and oxygen atoms in total. The molecule has 1 aliphatic rings. The summed E-state index contributed by atoms with van der Waals surface area (Å²) in [6, 6.07) is 6.11. The number of ether oxygens (including phenoxy) is 1. The first-order valence-corrected chi connectivity index (χ1v) is 7.30. The number of anilines is 2. The summed E-state index contributed by atoms with van der Waals surface area (Å²) in [5, 5.41) is 0.741. The minimum atomic E-state index is 0.184. The molecule has 1 fully saturated rings. The van der Waals surface area contributed by atoms with Crippen LogP contribution in [0.4, 0.5) is 11.8 Å². The fourth-order valence-corrected chi connectivity index (χ4v) is 2.86. The number of nitrogens with two attached hydrogens (primary N) is 2. The standard InChI is InChI=1S/C15H21N5O/c1-20-8-3-2-5-10(20)9-21-12-7-4-6-11-13(12)14(16)19-15(17)18-11/h4,6-7,10H,2-3,5,8-9H2,1H3,(H4,16,17,18,19). The van der Waals surface area contributed by atoms with Gasteiger partial charge in [0.15, 0.2) is 0 Å². The summed E-state index contributed by atoms with van der Waals surface area (Å²) < 4.78 is 6.01. The number of piperidine rings is 1. The number of fused-ring (bicyclic) bond motifs is 1. The molecular formula is C15H21N5O. The van der Waals surface area contributed by atoms with E-state index in [0.717, 1.165) is 23.2 Å². The Morgan fingerprint density at radius 2 is 2.14 bits per heavy atom. The van der Waals surface area contributed by atoms with Crippen LogP contribution >= 0.6 is 0 Å². The number of aromatic nitrogens is 2. The van der Waals surface area contributed by atoms with Crippen molar-refractivity contribution in [3.8, 4) is 5.75 Å². The van der Waals surface area contributed by atoms with E-state index in [0.29, 0.717) is 18.5 Å². The largest absolute Gasteiger partial charge is 0.491 e. The third-order valence-corrected chi connectivity index (χ3v) is 4.08. The van der Waals surface area contributed by atoms with Crippen molar-refractivity contribution < 1.29 is 4.74 Å². The van der Waals surface area contributed by atoms with Gasteiger partial charge >= 0.3 is 0 Å². The zero-order valence-electron chi connectivity index (χ0n) is 12.2. The molecule has 6 heteroatoms. The molecule has 1 aromatic heterocycles. The highest BCUT2D eigenvalue weighted by molar-refractivity contribution is 5.94. The number of nitrogen functional groups attached to an aromatic ring is 2. The van der Waals surface area contributed by atoms with Crippen LogP contribution in [0.25, 0.3) is 10.9 Å². The monoisotopic (exact) mass is 287 g/mol. The van der Waals surface area contributed by atoms with Crippen molar-refractivity contribution in [3.05, 3.63) is 18.2 Å². The molecule has 4 N–H and O–H groups in total. The van der Waals surface area contributed by atoms with Crippen LogP contribution in [-0.2, 0) is 0 Å². The number of likely N-dealkylation sites (N-methyl/N-ethyl adjacent to an activating group) is 1. The molecule has 1 unspecified atom stereocenters. The Labute approximate surface area is 124 Å². The molecule has 112 valence electrons. The quantitative estimate of drug-likeness (QED) is 0.892. The maximum Gasteiger partial charge on any atom is 0.222 e. The second kappa shape index (κ2) is 5.73. The van der Waals surface area contributed by atoms with Crippen molar-refractivity contribution in [2.75, 3.05) is 31.7 Å². The number of hydrogen-bond acceptors (Lipinski definition) is 6. The molecule has 2 aromatic rings. The van der Waals surface area contributed by atoms with Crippen LogP contribution in [-0.4, -0.2) is 41.1 Å². The third kappa shape index (κ3) is 2.85. The van der Waals surface area contributed by atoms with Crippen molar-refractivity contribution in [1.29, 1.82) is 0 Å². The smallest absolute Gasteiger partial charge is 0.222 e. The van der Waals surface area contributed by atoms with Crippen molar-refractivity contribution in [2.45, 2.75) is 25.3 Å². The van der Waals surface area contributed by atoms with Crippen LogP contribution < -0.4 is 16.2 Å². The Bertz CT molecular complexity index is 645. The first-order valence-electron chi connectivity index (χ1n) is 7.30. The highest BCUT2D eigenvalue weighted by Crippen LogP contribution is 2.29. The molecule has 0 amide bonds. The molecular weight excluding hydrogens is 266 g/mol. The van der Waals surface area contributed by atoms with E-state index in [2.05, 4.69) is 21.9 Å². The lowest BCUT2D eigenvalue weighted by atomic mass is 10.0. The normalized spacial score (nSPS) is 19.8. The van der Waals surface area contributed by atoms with Crippen LogP contribution in [0.3, 0.4) is 0 Å². The van der Waals surface area contributed by atoms with Gasteiger partial charge in [0.05, 0.1) is 10.9 Å².